The third-order valence-electron chi connectivity index (χ3n) is 3.21. The van der Waals surface area contributed by atoms with Gasteiger partial charge in [-0.05, 0) is 18.9 Å². The number of para-hydroxylation sites is 2. The largest absolute Gasteiger partial charge is 0.477 e. The Bertz CT molecular complexity index is 580. The molecule has 1 rings (SSSR count). The van der Waals surface area contributed by atoms with Crippen molar-refractivity contribution in [3.8, 4) is 11.8 Å². The number of benzene rings is 1. The fourth-order valence-electron chi connectivity index (χ4n) is 1.50. The van der Waals surface area contributed by atoms with E-state index in [0.29, 0.717) is 0 Å². The number of amides is 1. The van der Waals surface area contributed by atoms with E-state index in [9.17, 15) is 14.9 Å². The van der Waals surface area contributed by atoms with Crippen molar-refractivity contribution in [2.45, 2.75) is 26.3 Å². The van der Waals surface area contributed by atoms with Crippen LogP contribution in [0.3, 0.4) is 0 Å². The van der Waals surface area contributed by atoms with Gasteiger partial charge < -0.3 is 10.1 Å². The van der Waals surface area contributed by atoms with Gasteiger partial charge in [0.15, 0.2) is 12.4 Å². The minimum Gasteiger partial charge on any atom is -0.477 e. The Morgan fingerprint density at radius 2 is 2.14 bits per heavy atom. The van der Waals surface area contributed by atoms with Crippen LogP contribution in [0.5, 0.6) is 5.75 Å². The molecule has 1 atom stereocenters. The Kier molecular flexibility index (Phi) is 5.24. The van der Waals surface area contributed by atoms with Crippen LogP contribution in [0.1, 0.15) is 20.8 Å². The highest BCUT2D eigenvalue weighted by Crippen LogP contribution is 2.25. The predicted octanol–water partition coefficient (Wildman–Crippen LogP) is 2.03. The number of nitrogens with zero attached hydrogens (tertiary/aromatic N) is 2. The zero-order valence-electron chi connectivity index (χ0n) is 12.1. The second-order valence-electron chi connectivity index (χ2n) is 5.03. The number of nitro groups is 1. The number of carbonyl (C=O) groups is 1. The smallest absolute Gasteiger partial charge is 0.310 e. The Balaban J connectivity index is 2.71. The molecule has 1 N–H and O–H groups in total. The summed E-state index contributed by atoms with van der Waals surface area (Å²) in [5, 5.41) is 22.5. The molecule has 0 aromatic heterocycles. The molecule has 7 nitrogen and oxygen atoms in total. The topological polar surface area (TPSA) is 105 Å². The third kappa shape index (κ3) is 4.18. The van der Waals surface area contributed by atoms with Crippen molar-refractivity contribution >= 4 is 11.6 Å². The van der Waals surface area contributed by atoms with Crippen molar-refractivity contribution in [2.75, 3.05) is 6.61 Å². The number of nitrogens with one attached hydrogen (secondary N) is 1. The molecule has 21 heavy (non-hydrogen) atoms. The van der Waals surface area contributed by atoms with Gasteiger partial charge in [-0.2, -0.15) is 5.26 Å². The highest BCUT2D eigenvalue weighted by atomic mass is 16.6. The average Bonchev–Trinajstić information content (AvgIpc) is 2.44. The Labute approximate surface area is 122 Å². The maximum absolute atomic E-state index is 11.8. The zero-order chi connectivity index (χ0) is 16.0. The van der Waals surface area contributed by atoms with Crippen LogP contribution in [-0.2, 0) is 4.79 Å². The number of ether oxygens (including phenoxy) is 1. The Morgan fingerprint density at radius 1 is 1.52 bits per heavy atom. The molecule has 0 aliphatic rings. The number of hydrogen-bond donors (Lipinski definition) is 1. The molecule has 112 valence electrons. The number of rotatable bonds is 6. The predicted molar refractivity (Wildman–Crippen MR) is 75.6 cm³/mol. The molecule has 1 aromatic rings. The summed E-state index contributed by atoms with van der Waals surface area (Å²) in [6.45, 7) is 4.84. The second-order valence-corrected chi connectivity index (χ2v) is 5.03. The normalized spacial score (nSPS) is 13.1. The molecule has 0 unspecified atom stereocenters. The fourth-order valence-corrected chi connectivity index (χ4v) is 1.50. The summed E-state index contributed by atoms with van der Waals surface area (Å²) in [6.07, 6.45) is 0. The first-order valence-corrected chi connectivity index (χ1v) is 6.38. The number of nitro benzene ring substituents is 1. The molecule has 0 saturated heterocycles. The molecular weight excluding hydrogens is 274 g/mol. The first kappa shape index (κ1) is 16.4. The van der Waals surface area contributed by atoms with E-state index in [-0.39, 0.29) is 17.4 Å². The van der Waals surface area contributed by atoms with Crippen molar-refractivity contribution in [3.05, 3.63) is 34.4 Å². The second kappa shape index (κ2) is 6.70. The lowest BCUT2D eigenvalue weighted by molar-refractivity contribution is -0.385. The molecule has 0 radical (unpaired) electrons. The molecular formula is C14H17N3O4. The highest BCUT2D eigenvalue weighted by molar-refractivity contribution is 5.79. The van der Waals surface area contributed by atoms with Crippen LogP contribution < -0.4 is 10.1 Å². The molecule has 0 bridgehead atoms. The van der Waals surface area contributed by atoms with Crippen LogP contribution in [0.4, 0.5) is 5.69 Å². The van der Waals surface area contributed by atoms with Gasteiger partial charge in [-0.15, -0.1) is 0 Å². The summed E-state index contributed by atoms with van der Waals surface area (Å²) in [6, 6.07) is 7.83. The maximum Gasteiger partial charge on any atom is 0.310 e. The summed E-state index contributed by atoms with van der Waals surface area (Å²) in [4.78, 5) is 22.0. The SMILES string of the molecule is CC(C)[C@](C)(C#N)NC(=O)COc1ccccc1[N+](=O)[O-]. The number of carbonyl (C=O) groups excluding carboxylic acids is 1. The van der Waals surface area contributed by atoms with Gasteiger partial charge in [0.1, 0.15) is 5.54 Å². The van der Waals surface area contributed by atoms with Gasteiger partial charge in [-0.3, -0.25) is 14.9 Å². The monoisotopic (exact) mass is 291 g/mol. The quantitative estimate of drug-likeness (QED) is 0.637. The molecule has 0 aliphatic heterocycles. The molecule has 1 amide bonds. The van der Waals surface area contributed by atoms with Gasteiger partial charge in [0.05, 0.1) is 11.0 Å². The standard InChI is InChI=1S/C14H17N3O4/c1-10(2)14(3,9-15)16-13(18)8-21-12-7-5-4-6-11(12)17(19)20/h4-7,10H,8H2,1-3H3,(H,16,18)/t14-/m0/s1. The molecule has 0 spiro atoms. The van der Waals surface area contributed by atoms with E-state index in [2.05, 4.69) is 5.32 Å². The molecule has 0 heterocycles. The van der Waals surface area contributed by atoms with Crippen molar-refractivity contribution < 1.29 is 14.5 Å². The molecule has 0 aliphatic carbocycles. The summed E-state index contributed by atoms with van der Waals surface area (Å²) < 4.78 is 5.17. The van der Waals surface area contributed by atoms with Crippen molar-refractivity contribution in [1.29, 1.82) is 5.26 Å². The maximum atomic E-state index is 11.8. The lowest BCUT2D eigenvalue weighted by Crippen LogP contribution is -2.50. The Hall–Kier alpha value is -2.62. The van der Waals surface area contributed by atoms with Gasteiger partial charge >= 0.3 is 5.69 Å². The third-order valence-corrected chi connectivity index (χ3v) is 3.21. The van der Waals surface area contributed by atoms with E-state index in [4.69, 9.17) is 10.00 Å². The van der Waals surface area contributed by atoms with Gasteiger partial charge in [-0.1, -0.05) is 26.0 Å². The molecule has 1 aromatic carbocycles. The first-order valence-electron chi connectivity index (χ1n) is 6.38. The van der Waals surface area contributed by atoms with Gasteiger partial charge in [0, 0.05) is 6.07 Å². The first-order chi connectivity index (χ1) is 9.80. The van der Waals surface area contributed by atoms with E-state index in [1.807, 2.05) is 19.9 Å². The van der Waals surface area contributed by atoms with Crippen LogP contribution in [0, 0.1) is 27.4 Å². The highest BCUT2D eigenvalue weighted by Gasteiger charge is 2.30. The van der Waals surface area contributed by atoms with E-state index in [0.717, 1.165) is 0 Å². The van der Waals surface area contributed by atoms with E-state index in [1.165, 1.54) is 18.2 Å². The summed E-state index contributed by atoms with van der Waals surface area (Å²) in [5.74, 6) is -0.579. The van der Waals surface area contributed by atoms with Crippen molar-refractivity contribution in [3.63, 3.8) is 0 Å². The van der Waals surface area contributed by atoms with Crippen LogP contribution in [0.2, 0.25) is 0 Å². The summed E-state index contributed by atoms with van der Waals surface area (Å²) in [5.41, 5.74) is -1.22. The fraction of sp³-hybridized carbons (Fsp3) is 0.429. The van der Waals surface area contributed by atoms with Crippen molar-refractivity contribution in [2.24, 2.45) is 5.92 Å². The van der Waals surface area contributed by atoms with Crippen LogP contribution >= 0.6 is 0 Å². The average molecular weight is 291 g/mol. The summed E-state index contributed by atoms with van der Waals surface area (Å²) in [7, 11) is 0. The van der Waals surface area contributed by atoms with E-state index < -0.39 is 23.0 Å². The minimum absolute atomic E-state index is 0.0147. The minimum atomic E-state index is -1.01. The molecule has 7 heteroatoms. The van der Waals surface area contributed by atoms with Crippen LogP contribution in [0.15, 0.2) is 24.3 Å². The van der Waals surface area contributed by atoms with Crippen LogP contribution in [0.25, 0.3) is 0 Å². The van der Waals surface area contributed by atoms with Gasteiger partial charge in [-0.25, -0.2) is 0 Å². The van der Waals surface area contributed by atoms with Gasteiger partial charge in [0.25, 0.3) is 5.91 Å². The lowest BCUT2D eigenvalue weighted by atomic mass is 9.90. The summed E-state index contributed by atoms with van der Waals surface area (Å²) >= 11 is 0. The Morgan fingerprint density at radius 3 is 2.67 bits per heavy atom. The lowest BCUT2D eigenvalue weighted by Gasteiger charge is -2.27. The van der Waals surface area contributed by atoms with Gasteiger partial charge in [0.2, 0.25) is 0 Å². The molecule has 0 saturated carbocycles. The van der Waals surface area contributed by atoms with Crippen LogP contribution in [-0.4, -0.2) is 23.0 Å². The number of hydrogen-bond acceptors (Lipinski definition) is 5. The van der Waals surface area contributed by atoms with Crippen molar-refractivity contribution in [1.82, 2.24) is 5.32 Å². The number of nitriles is 1. The molecule has 0 fully saturated rings. The van der Waals surface area contributed by atoms with E-state index in [1.54, 1.807) is 13.0 Å². The van der Waals surface area contributed by atoms with E-state index >= 15 is 0 Å². The zero-order valence-corrected chi connectivity index (χ0v) is 12.1.